The average Bonchev–Trinajstić information content (AvgIpc) is 2.93. The van der Waals surface area contributed by atoms with Crippen LogP contribution in [0.2, 0.25) is 0 Å². The van der Waals surface area contributed by atoms with Gasteiger partial charge in [0.15, 0.2) is 0 Å². The lowest BCUT2D eigenvalue weighted by Gasteiger charge is -2.35. The summed E-state index contributed by atoms with van der Waals surface area (Å²) in [4.78, 5) is 24.9. The van der Waals surface area contributed by atoms with E-state index in [1.54, 1.807) is 24.4 Å². The minimum Gasteiger partial charge on any atom is -0.353 e. The molecule has 0 amide bonds. The van der Waals surface area contributed by atoms with Gasteiger partial charge in [-0.1, -0.05) is 48.5 Å². The summed E-state index contributed by atoms with van der Waals surface area (Å²) in [6, 6.07) is 27.4. The third-order valence-corrected chi connectivity index (χ3v) is 6.35. The molecule has 2 aromatic heterocycles. The Morgan fingerprint density at radius 2 is 1.86 bits per heavy atom. The fraction of sp³-hybridized carbons (Fsp3) is 0.172. The van der Waals surface area contributed by atoms with Gasteiger partial charge in [-0.05, 0) is 48.4 Å². The summed E-state index contributed by atoms with van der Waals surface area (Å²) in [5.41, 5.74) is 5.15. The van der Waals surface area contributed by atoms with Crippen molar-refractivity contribution >= 4 is 11.6 Å². The van der Waals surface area contributed by atoms with Crippen LogP contribution in [-0.2, 0) is 0 Å². The van der Waals surface area contributed by atoms with Gasteiger partial charge in [-0.25, -0.2) is 4.98 Å². The molecular formula is C29H29N5O. The lowest BCUT2D eigenvalue weighted by molar-refractivity contribution is 0.103. The number of pyridine rings is 2. The fourth-order valence-corrected chi connectivity index (χ4v) is 4.39. The van der Waals surface area contributed by atoms with Crippen molar-refractivity contribution in [2.75, 3.05) is 24.5 Å². The molecule has 2 aromatic carbocycles. The van der Waals surface area contributed by atoms with Crippen molar-refractivity contribution in [1.82, 2.24) is 15.3 Å². The van der Waals surface area contributed by atoms with E-state index in [2.05, 4.69) is 45.5 Å². The van der Waals surface area contributed by atoms with Crippen LogP contribution < -0.4 is 10.2 Å². The summed E-state index contributed by atoms with van der Waals surface area (Å²) < 4.78 is 0. The molecule has 0 aliphatic carbocycles. The molecule has 1 atom stereocenters. The molecule has 4 aromatic rings. The predicted molar refractivity (Wildman–Crippen MR) is 140 cm³/mol. The van der Waals surface area contributed by atoms with E-state index in [1.165, 1.54) is 5.56 Å². The molecule has 35 heavy (non-hydrogen) atoms. The van der Waals surface area contributed by atoms with Crippen LogP contribution in [0.3, 0.4) is 0 Å². The average molecular weight is 464 g/mol. The first-order chi connectivity index (χ1) is 17.1. The van der Waals surface area contributed by atoms with E-state index in [-0.39, 0.29) is 14.7 Å². The van der Waals surface area contributed by atoms with Crippen LogP contribution in [0.15, 0.2) is 85.1 Å². The third-order valence-electron chi connectivity index (χ3n) is 6.35. The molecule has 1 fully saturated rings. The van der Waals surface area contributed by atoms with Crippen molar-refractivity contribution < 1.29 is 7.65 Å². The first-order valence-corrected chi connectivity index (χ1v) is 11.6. The number of ketones is 1. The Kier molecular flexibility index (Phi) is 6.34. The largest absolute Gasteiger partial charge is 0.353 e. The zero-order valence-corrected chi connectivity index (χ0v) is 19.5. The second kappa shape index (κ2) is 9.88. The molecule has 1 N–H and O–H groups in total. The highest BCUT2D eigenvalue weighted by molar-refractivity contribution is 6.09. The molecule has 176 valence electrons. The minimum absolute atomic E-state index is 0. The van der Waals surface area contributed by atoms with Gasteiger partial charge in [-0.3, -0.25) is 9.78 Å². The predicted octanol–water partition coefficient (Wildman–Crippen LogP) is 5.20. The maximum atomic E-state index is 13.5. The van der Waals surface area contributed by atoms with Gasteiger partial charge in [0.2, 0.25) is 5.78 Å². The normalized spacial score (nSPS) is 15.4. The SMILES string of the molecule is Cc1ncc(-c2ccc(C#N)cc2)cc1C(=O)c1cccc(N2CCNC(c3ccccc3)C2)n1.[HH].[HH]. The number of anilines is 1. The highest BCUT2D eigenvalue weighted by Gasteiger charge is 2.23. The Balaban J connectivity index is 0.00000190. The van der Waals surface area contributed by atoms with E-state index < -0.39 is 0 Å². The molecule has 1 aliphatic heterocycles. The van der Waals surface area contributed by atoms with Crippen LogP contribution in [0.1, 0.15) is 41.8 Å². The zero-order valence-electron chi connectivity index (χ0n) is 19.5. The van der Waals surface area contributed by atoms with E-state index in [0.717, 1.165) is 36.6 Å². The molecule has 3 heterocycles. The van der Waals surface area contributed by atoms with Crippen molar-refractivity contribution in [3.8, 4) is 17.2 Å². The minimum atomic E-state index is -0.151. The van der Waals surface area contributed by atoms with Crippen LogP contribution in [0, 0.1) is 18.3 Å². The molecule has 6 heteroatoms. The number of benzene rings is 2. The fourth-order valence-electron chi connectivity index (χ4n) is 4.39. The van der Waals surface area contributed by atoms with Gasteiger partial charge in [0, 0.05) is 51.5 Å². The number of nitrogens with zero attached hydrogens (tertiary/aromatic N) is 4. The zero-order chi connectivity index (χ0) is 24.2. The number of nitrogens with one attached hydrogen (secondary N) is 1. The number of nitriles is 1. The van der Waals surface area contributed by atoms with Gasteiger partial charge in [-0.15, -0.1) is 0 Å². The molecule has 0 saturated carbocycles. The molecule has 0 bridgehead atoms. The van der Waals surface area contributed by atoms with Crippen molar-refractivity contribution in [2.45, 2.75) is 13.0 Å². The number of aryl methyl sites for hydroxylation is 1. The van der Waals surface area contributed by atoms with Gasteiger partial charge < -0.3 is 10.2 Å². The molecular weight excluding hydrogens is 434 g/mol. The quantitative estimate of drug-likeness (QED) is 0.410. The van der Waals surface area contributed by atoms with Gasteiger partial charge in [0.05, 0.1) is 11.6 Å². The maximum absolute atomic E-state index is 13.5. The third kappa shape index (κ3) is 4.81. The van der Waals surface area contributed by atoms with E-state index in [4.69, 9.17) is 10.2 Å². The summed E-state index contributed by atoms with van der Waals surface area (Å²) >= 11 is 0. The van der Waals surface area contributed by atoms with E-state index in [0.29, 0.717) is 22.5 Å². The highest BCUT2D eigenvalue weighted by Crippen LogP contribution is 2.25. The lowest BCUT2D eigenvalue weighted by atomic mass is 10.00. The Bertz CT molecular complexity index is 1400. The van der Waals surface area contributed by atoms with E-state index >= 15 is 0 Å². The molecule has 1 saturated heterocycles. The van der Waals surface area contributed by atoms with Crippen LogP contribution >= 0.6 is 0 Å². The molecule has 1 unspecified atom stereocenters. The number of hydrogen-bond acceptors (Lipinski definition) is 6. The Morgan fingerprint density at radius 3 is 2.63 bits per heavy atom. The number of hydrogen-bond donors (Lipinski definition) is 1. The number of carbonyl (C=O) groups is 1. The Morgan fingerprint density at radius 1 is 1.06 bits per heavy atom. The molecule has 5 rings (SSSR count). The van der Waals surface area contributed by atoms with Crippen molar-refractivity contribution in [1.29, 1.82) is 5.26 Å². The van der Waals surface area contributed by atoms with Crippen LogP contribution in [0.25, 0.3) is 11.1 Å². The Labute approximate surface area is 207 Å². The van der Waals surface area contributed by atoms with Gasteiger partial charge >= 0.3 is 0 Å². The van der Waals surface area contributed by atoms with E-state index in [1.807, 2.05) is 43.3 Å². The van der Waals surface area contributed by atoms with Crippen molar-refractivity contribution in [3.05, 3.63) is 113 Å². The molecule has 6 nitrogen and oxygen atoms in total. The smallest absolute Gasteiger partial charge is 0.213 e. The van der Waals surface area contributed by atoms with Crippen molar-refractivity contribution in [3.63, 3.8) is 0 Å². The standard InChI is InChI=1S/C29H25N5O.2H2/c1-20-25(16-24(18-32-20)22-12-10-21(17-30)11-13-22)29(35)26-8-5-9-28(33-26)34-15-14-31-27(19-34)23-6-3-2-4-7-23;;/h2-13,16,18,27,31H,14-15,19H2,1H3;2*1H. The topological polar surface area (TPSA) is 81.9 Å². The molecule has 0 radical (unpaired) electrons. The van der Waals surface area contributed by atoms with E-state index in [9.17, 15) is 4.79 Å². The van der Waals surface area contributed by atoms with Crippen molar-refractivity contribution in [2.24, 2.45) is 0 Å². The van der Waals surface area contributed by atoms with Gasteiger partial charge in [0.1, 0.15) is 11.5 Å². The highest BCUT2D eigenvalue weighted by atomic mass is 16.1. The summed E-state index contributed by atoms with van der Waals surface area (Å²) in [6.07, 6.45) is 1.75. The Hall–Kier alpha value is -4.34. The maximum Gasteiger partial charge on any atom is 0.213 e. The number of aromatic nitrogens is 2. The molecule has 1 aliphatic rings. The summed E-state index contributed by atoms with van der Waals surface area (Å²) in [5, 5.41) is 12.6. The molecule has 0 spiro atoms. The monoisotopic (exact) mass is 463 g/mol. The van der Waals surface area contributed by atoms with Crippen LogP contribution in [-0.4, -0.2) is 35.4 Å². The van der Waals surface area contributed by atoms with Crippen LogP contribution in [0.5, 0.6) is 0 Å². The number of piperazine rings is 1. The second-order valence-electron chi connectivity index (χ2n) is 8.62. The lowest BCUT2D eigenvalue weighted by Crippen LogP contribution is -2.46. The second-order valence-corrected chi connectivity index (χ2v) is 8.62. The van der Waals surface area contributed by atoms with Crippen LogP contribution in [0.4, 0.5) is 5.82 Å². The first kappa shape index (κ1) is 22.5. The summed E-state index contributed by atoms with van der Waals surface area (Å²) in [5.74, 6) is 0.647. The summed E-state index contributed by atoms with van der Waals surface area (Å²) in [6.45, 7) is 4.28. The number of rotatable bonds is 5. The van der Waals surface area contributed by atoms with Gasteiger partial charge in [-0.2, -0.15) is 5.26 Å². The van der Waals surface area contributed by atoms with Gasteiger partial charge in [0.25, 0.3) is 0 Å². The first-order valence-electron chi connectivity index (χ1n) is 11.6. The summed E-state index contributed by atoms with van der Waals surface area (Å²) in [7, 11) is 0. The number of carbonyl (C=O) groups excluding carboxylic acids is 1.